The van der Waals surface area contributed by atoms with E-state index in [2.05, 4.69) is 11.0 Å². The molecule has 0 aliphatic carbocycles. The van der Waals surface area contributed by atoms with Gasteiger partial charge in [-0.1, -0.05) is 6.07 Å². The monoisotopic (exact) mass is 566 g/mol. The lowest BCUT2D eigenvalue weighted by Gasteiger charge is -2.40. The summed E-state index contributed by atoms with van der Waals surface area (Å²) < 4.78 is 23.7. The molecule has 2 saturated heterocycles. The Labute approximate surface area is 242 Å². The number of hydrogen-bond acceptors (Lipinski definition) is 8. The van der Waals surface area contributed by atoms with Crippen LogP contribution in [0.15, 0.2) is 24.4 Å². The predicted octanol–water partition coefficient (Wildman–Crippen LogP) is 6.09. The summed E-state index contributed by atoms with van der Waals surface area (Å²) in [6, 6.07) is 6.04. The van der Waals surface area contributed by atoms with Gasteiger partial charge in [-0.05, 0) is 78.6 Å². The summed E-state index contributed by atoms with van der Waals surface area (Å²) in [4.78, 5) is 36.8. The smallest absolute Gasteiger partial charge is 0.420 e. The molecule has 10 nitrogen and oxygen atoms in total. The van der Waals surface area contributed by atoms with Crippen molar-refractivity contribution in [3.63, 3.8) is 0 Å². The van der Waals surface area contributed by atoms with Gasteiger partial charge in [-0.3, -0.25) is 0 Å². The first-order chi connectivity index (χ1) is 19.2. The predicted molar refractivity (Wildman–Crippen MR) is 156 cm³/mol. The molecular weight excluding hydrogens is 524 g/mol. The fraction of sp³-hybridized carbons (Fsp3) is 0.581. The van der Waals surface area contributed by atoms with E-state index in [0.717, 1.165) is 35.5 Å². The van der Waals surface area contributed by atoms with E-state index in [1.165, 1.54) is 0 Å². The molecule has 1 aromatic heterocycles. The molecule has 3 aliphatic heterocycles. The van der Waals surface area contributed by atoms with Gasteiger partial charge in [0.1, 0.15) is 23.1 Å². The van der Waals surface area contributed by atoms with Crippen LogP contribution in [0.3, 0.4) is 0 Å². The molecule has 4 heterocycles. The van der Waals surface area contributed by atoms with E-state index in [4.69, 9.17) is 23.9 Å². The number of carbonyl (C=O) groups excluding carboxylic acids is 2. The number of morpholine rings is 1. The number of aromatic nitrogens is 1. The molecule has 10 heteroatoms. The van der Waals surface area contributed by atoms with Crippen LogP contribution in [0.1, 0.15) is 77.2 Å². The van der Waals surface area contributed by atoms with Crippen LogP contribution in [0.4, 0.5) is 26.8 Å². The lowest BCUT2D eigenvalue weighted by molar-refractivity contribution is 0.00818. The first-order valence-corrected chi connectivity index (χ1v) is 14.4. The van der Waals surface area contributed by atoms with Crippen molar-refractivity contribution >= 4 is 29.4 Å². The minimum Gasteiger partial charge on any atom is -0.483 e. The summed E-state index contributed by atoms with van der Waals surface area (Å²) in [5.74, 6) is 1.20. The molecule has 1 aromatic carbocycles. The van der Waals surface area contributed by atoms with Crippen molar-refractivity contribution < 1.29 is 28.5 Å². The highest BCUT2D eigenvalue weighted by atomic mass is 16.6. The summed E-state index contributed by atoms with van der Waals surface area (Å²) in [6.45, 7) is 18.9. The molecule has 41 heavy (non-hydrogen) atoms. The van der Waals surface area contributed by atoms with Gasteiger partial charge in [-0.2, -0.15) is 0 Å². The molecule has 3 aliphatic rings. The zero-order valence-electron chi connectivity index (χ0n) is 25.4. The fourth-order valence-electron chi connectivity index (χ4n) is 5.45. The zero-order valence-corrected chi connectivity index (χ0v) is 25.4. The van der Waals surface area contributed by atoms with E-state index in [9.17, 15) is 9.59 Å². The number of likely N-dealkylation sites (tertiary alicyclic amines) is 1. The second-order valence-electron chi connectivity index (χ2n) is 13.0. The summed E-state index contributed by atoms with van der Waals surface area (Å²) in [5.41, 5.74) is 3.03. The Morgan fingerprint density at radius 3 is 2.22 bits per heavy atom. The zero-order chi connectivity index (χ0) is 29.7. The highest BCUT2D eigenvalue weighted by Gasteiger charge is 2.40. The van der Waals surface area contributed by atoms with Crippen LogP contribution in [0.2, 0.25) is 0 Å². The van der Waals surface area contributed by atoms with Gasteiger partial charge < -0.3 is 28.7 Å². The van der Waals surface area contributed by atoms with Gasteiger partial charge in [0.05, 0.1) is 24.5 Å². The maximum absolute atomic E-state index is 13.9. The standard InChI is InChI=1S/C31H42N4O6/c1-19-15-21(22-17-34(18-22)28(36)40-30(3,4)5)16-24-26(19)39-20(2)25-23(33-11-13-38-14-12-33)9-10-32-27(25)35(24)29(37)41-31(6,7)8/h9-10,15-16,20,22H,11-14,17-18H2,1-8H3. The number of benzene rings is 1. The SMILES string of the molecule is Cc1cc(C2CN(C(=O)OC(C)(C)C)C2)cc2c1OC(C)c1c(N3CCOCC3)ccnc1N2C(=O)OC(C)(C)C. The summed E-state index contributed by atoms with van der Waals surface area (Å²) in [6.07, 6.45) is 0.519. The second-order valence-corrected chi connectivity index (χ2v) is 13.0. The minimum absolute atomic E-state index is 0.0970. The van der Waals surface area contributed by atoms with Gasteiger partial charge in [0.25, 0.3) is 0 Å². The Balaban J connectivity index is 1.56. The highest BCUT2D eigenvalue weighted by Crippen LogP contribution is 2.49. The van der Waals surface area contributed by atoms with Crippen LogP contribution in [0, 0.1) is 6.92 Å². The van der Waals surface area contributed by atoms with E-state index >= 15 is 0 Å². The van der Waals surface area contributed by atoms with Crippen molar-refractivity contribution in [1.82, 2.24) is 9.88 Å². The normalized spacial score (nSPS) is 19.4. The summed E-state index contributed by atoms with van der Waals surface area (Å²) in [5, 5.41) is 0. The molecule has 2 aromatic rings. The molecule has 0 bridgehead atoms. The maximum Gasteiger partial charge on any atom is 0.420 e. The van der Waals surface area contributed by atoms with Gasteiger partial charge in [0.15, 0.2) is 5.82 Å². The first kappa shape index (κ1) is 29.0. The Hall–Kier alpha value is -3.53. The summed E-state index contributed by atoms with van der Waals surface area (Å²) in [7, 11) is 0. The van der Waals surface area contributed by atoms with Crippen molar-refractivity contribution in [2.75, 3.05) is 49.2 Å². The summed E-state index contributed by atoms with van der Waals surface area (Å²) >= 11 is 0. The van der Waals surface area contributed by atoms with Gasteiger partial charge in [0.2, 0.25) is 0 Å². The number of anilines is 3. The highest BCUT2D eigenvalue weighted by molar-refractivity contribution is 5.99. The number of nitrogens with zero attached hydrogens (tertiary/aromatic N) is 4. The third-order valence-electron chi connectivity index (χ3n) is 7.31. The number of aryl methyl sites for hydroxylation is 1. The Morgan fingerprint density at radius 1 is 0.951 bits per heavy atom. The Morgan fingerprint density at radius 2 is 1.59 bits per heavy atom. The van der Waals surface area contributed by atoms with Crippen LogP contribution >= 0.6 is 0 Å². The van der Waals surface area contributed by atoms with E-state index in [1.54, 1.807) is 16.0 Å². The van der Waals surface area contributed by atoms with Gasteiger partial charge in [0, 0.05) is 44.0 Å². The third kappa shape index (κ3) is 6.07. The minimum atomic E-state index is -0.716. The average Bonchev–Trinajstić information content (AvgIpc) is 2.96. The van der Waals surface area contributed by atoms with E-state index in [0.29, 0.717) is 43.6 Å². The topological polar surface area (TPSA) is 93.7 Å². The number of carbonyl (C=O) groups is 2. The molecule has 0 radical (unpaired) electrons. The average molecular weight is 567 g/mol. The van der Waals surface area contributed by atoms with Crippen molar-refractivity contribution in [2.45, 2.75) is 78.6 Å². The van der Waals surface area contributed by atoms with E-state index in [1.807, 2.05) is 67.5 Å². The molecule has 2 fully saturated rings. The van der Waals surface area contributed by atoms with Crippen molar-refractivity contribution in [3.05, 3.63) is 41.1 Å². The van der Waals surface area contributed by atoms with Crippen molar-refractivity contribution in [3.8, 4) is 5.75 Å². The van der Waals surface area contributed by atoms with Crippen LogP contribution in [0.5, 0.6) is 5.75 Å². The first-order valence-electron chi connectivity index (χ1n) is 14.4. The van der Waals surface area contributed by atoms with Gasteiger partial charge in [-0.25, -0.2) is 19.5 Å². The molecule has 1 unspecified atom stereocenters. The molecule has 0 saturated carbocycles. The van der Waals surface area contributed by atoms with Crippen LogP contribution in [-0.4, -0.2) is 72.7 Å². The molecule has 222 valence electrons. The van der Waals surface area contributed by atoms with Crippen LogP contribution < -0.4 is 14.5 Å². The van der Waals surface area contributed by atoms with Gasteiger partial charge >= 0.3 is 12.2 Å². The number of pyridine rings is 1. The van der Waals surface area contributed by atoms with Crippen LogP contribution in [0.25, 0.3) is 0 Å². The lowest BCUT2D eigenvalue weighted by atomic mass is 9.90. The molecule has 1 atom stereocenters. The molecule has 2 amide bonds. The third-order valence-corrected chi connectivity index (χ3v) is 7.31. The fourth-order valence-corrected chi connectivity index (χ4v) is 5.45. The molecule has 0 N–H and O–H groups in total. The van der Waals surface area contributed by atoms with Gasteiger partial charge in [-0.15, -0.1) is 0 Å². The number of ether oxygens (including phenoxy) is 4. The Bertz CT molecular complexity index is 1320. The van der Waals surface area contributed by atoms with E-state index < -0.39 is 17.3 Å². The van der Waals surface area contributed by atoms with Crippen LogP contribution in [-0.2, 0) is 14.2 Å². The second kappa shape index (κ2) is 10.7. The van der Waals surface area contributed by atoms with E-state index in [-0.39, 0.29) is 18.1 Å². The molecule has 5 rings (SSSR count). The Kier molecular flexibility index (Phi) is 7.57. The number of fused-ring (bicyclic) bond motifs is 2. The number of rotatable bonds is 2. The number of amides is 2. The maximum atomic E-state index is 13.9. The quantitative estimate of drug-likeness (QED) is 0.431. The molecule has 0 spiro atoms. The number of hydrogen-bond donors (Lipinski definition) is 0. The largest absolute Gasteiger partial charge is 0.483 e. The van der Waals surface area contributed by atoms with Crippen molar-refractivity contribution in [1.29, 1.82) is 0 Å². The molecular formula is C31H42N4O6. The lowest BCUT2D eigenvalue weighted by Crippen LogP contribution is -2.50. The van der Waals surface area contributed by atoms with Crippen molar-refractivity contribution in [2.24, 2.45) is 0 Å².